The second-order valence-electron chi connectivity index (χ2n) is 18.5. The van der Waals surface area contributed by atoms with Gasteiger partial charge in [0.1, 0.15) is 90.6 Å². The average Bonchev–Trinajstić information content (AvgIpc) is 1.49. The minimum atomic E-state index is -4.01. The molecule has 3 N–H and O–H groups in total. The number of nitrogens with zero attached hydrogens (tertiary/aromatic N) is 3. The van der Waals surface area contributed by atoms with Gasteiger partial charge in [0, 0.05) is 59.4 Å². The monoisotopic (exact) mass is 1240 g/mol. The van der Waals surface area contributed by atoms with Crippen LogP contribution in [0.4, 0.5) is 5.69 Å². The van der Waals surface area contributed by atoms with Crippen LogP contribution in [0.3, 0.4) is 0 Å². The van der Waals surface area contributed by atoms with Crippen molar-refractivity contribution in [1.29, 1.82) is 0 Å². The van der Waals surface area contributed by atoms with E-state index in [-0.39, 0.29) is 62.1 Å². The highest BCUT2D eigenvalue weighted by Crippen LogP contribution is 2.37. The maximum Gasteiger partial charge on any atom is 0.339 e. The molecule has 0 unspecified atom stereocenters. The van der Waals surface area contributed by atoms with Gasteiger partial charge in [-0.1, -0.05) is 91.0 Å². The Bertz CT molecular complexity index is 4210. The van der Waals surface area contributed by atoms with E-state index in [0.717, 1.165) is 5.56 Å². The molecule has 0 spiro atoms. The van der Waals surface area contributed by atoms with Crippen molar-refractivity contribution in [2.75, 3.05) is 21.3 Å². The maximum atomic E-state index is 12.4. The van der Waals surface area contributed by atoms with Crippen molar-refractivity contribution >= 4 is 50.4 Å². The van der Waals surface area contributed by atoms with E-state index < -0.39 is 32.9 Å². The zero-order valence-electron chi connectivity index (χ0n) is 48.9. The second-order valence-corrected chi connectivity index (χ2v) is 20.1. The van der Waals surface area contributed by atoms with E-state index in [1.165, 1.54) is 76.1 Å². The molecule has 0 aliphatic rings. The maximum absolute atomic E-state index is 12.4. The fourth-order valence-electron chi connectivity index (χ4n) is 8.01. The minimum Gasteiger partial charge on any atom is -0.503 e. The van der Waals surface area contributed by atoms with Crippen molar-refractivity contribution in [2.24, 2.45) is 0 Å². The first kappa shape index (κ1) is 65.6. The van der Waals surface area contributed by atoms with Crippen molar-refractivity contribution in [3.63, 3.8) is 0 Å². The Hall–Kier alpha value is -12.0. The largest absolute Gasteiger partial charge is 0.503 e. The van der Waals surface area contributed by atoms with Gasteiger partial charge in [0.25, 0.3) is 5.69 Å². The van der Waals surface area contributed by atoms with Crippen LogP contribution in [-0.2, 0) is 38.7 Å². The van der Waals surface area contributed by atoms with Crippen LogP contribution in [-0.4, -0.2) is 77.9 Å². The minimum absolute atomic E-state index is 0.00335. The molecule has 0 aliphatic heterocycles. The molecule has 0 radical (unpaired) electrons. The van der Waals surface area contributed by atoms with Gasteiger partial charge in [-0.3, -0.25) is 10.1 Å². The molecule has 460 valence electrons. The lowest BCUT2D eigenvalue weighted by Crippen LogP contribution is -2.09. The Balaban J connectivity index is 0.000000192. The standard InChI is InChI=1S/C23H19NO7.C23H20O7S.C21H18N2O5/c1-15(29-2)22(23(25)26)20-8-3-4-9-21(20)31-19-7-5-6-18(14-19)30-17-12-10-16(11-13-17)24(27)28;1-16(28-2)22(23(24)25)20-13-6-7-14-21(20)29-17-9-8-10-18(15-17)30-31(26,27)19-11-4-3-5-12-19;1-14-11-22-21(23-12-14)28-16-7-5-6-15(10-16)27-19-9-4-3-8-17(19)18(13-26-2)20(24)25/h3-14H,1-2H3,(H,25,26);3-15H,1-2H3,(H,24,25);3-13H,1-2H3,(H,24,25)/b22-15+;;18-13+. The number of ether oxygens (including phenoxy) is 8. The van der Waals surface area contributed by atoms with Gasteiger partial charge in [-0.05, 0) is 105 Å². The van der Waals surface area contributed by atoms with Crippen LogP contribution in [0.25, 0.3) is 16.7 Å². The first-order chi connectivity index (χ1) is 43.3. The van der Waals surface area contributed by atoms with Gasteiger partial charge >= 0.3 is 34.0 Å². The van der Waals surface area contributed by atoms with Crippen LogP contribution in [0.5, 0.6) is 63.5 Å². The number of carboxylic acids is 3. The molecule has 1 aromatic heterocycles. The predicted octanol–water partition coefficient (Wildman–Crippen LogP) is 14.8. The Morgan fingerprint density at radius 2 is 0.878 bits per heavy atom. The van der Waals surface area contributed by atoms with Crippen LogP contribution in [0.2, 0.25) is 0 Å². The molecule has 0 fully saturated rings. The quantitative estimate of drug-likeness (QED) is 0.0176. The van der Waals surface area contributed by atoms with Crippen LogP contribution in [0, 0.1) is 17.0 Å². The van der Waals surface area contributed by atoms with Crippen LogP contribution in [0.15, 0.2) is 235 Å². The van der Waals surface area contributed by atoms with Gasteiger partial charge in [-0.25, -0.2) is 24.4 Å². The van der Waals surface area contributed by atoms with E-state index in [9.17, 15) is 48.2 Å². The number of aliphatic carboxylic acids is 3. The molecule has 0 saturated heterocycles. The van der Waals surface area contributed by atoms with Gasteiger partial charge in [-0.2, -0.15) is 8.42 Å². The lowest BCUT2D eigenvalue weighted by molar-refractivity contribution is -0.384. The number of allylic oxidation sites excluding steroid dienone is 2. The fourth-order valence-corrected chi connectivity index (χ4v) is 8.95. The molecule has 0 amide bonds. The number of nitro benzene ring substituents is 1. The van der Waals surface area contributed by atoms with Crippen LogP contribution < -0.4 is 27.9 Å². The van der Waals surface area contributed by atoms with E-state index in [0.29, 0.717) is 56.9 Å². The van der Waals surface area contributed by atoms with E-state index in [1.807, 2.05) is 6.92 Å². The first-order valence-corrected chi connectivity index (χ1v) is 28.1. The molecule has 8 aromatic carbocycles. The summed E-state index contributed by atoms with van der Waals surface area (Å²) in [7, 11) is 0.170. The van der Waals surface area contributed by atoms with Crippen molar-refractivity contribution in [1.82, 2.24) is 9.97 Å². The number of hydrogen-bond acceptors (Lipinski definition) is 18. The molecule has 0 bridgehead atoms. The topological polar surface area (TPSA) is 298 Å². The highest BCUT2D eigenvalue weighted by Gasteiger charge is 2.23. The highest BCUT2D eigenvalue weighted by molar-refractivity contribution is 7.87. The lowest BCUT2D eigenvalue weighted by atomic mass is 10.0. The molecule has 9 aromatic rings. The van der Waals surface area contributed by atoms with Gasteiger partial charge in [0.2, 0.25) is 0 Å². The highest BCUT2D eigenvalue weighted by atomic mass is 32.2. The number of nitro groups is 1. The zero-order valence-corrected chi connectivity index (χ0v) is 49.7. The molecule has 0 atom stereocenters. The number of aromatic nitrogens is 2. The number of hydrogen-bond donors (Lipinski definition) is 3. The zero-order chi connectivity index (χ0) is 64.7. The Morgan fingerprint density at radius 1 is 0.478 bits per heavy atom. The van der Waals surface area contributed by atoms with Crippen molar-refractivity contribution in [3.05, 3.63) is 263 Å². The summed E-state index contributed by atoms with van der Waals surface area (Å²) >= 11 is 0. The third-order valence-electron chi connectivity index (χ3n) is 12.3. The molecule has 9 rings (SSSR count). The van der Waals surface area contributed by atoms with Crippen molar-refractivity contribution in [2.45, 2.75) is 25.7 Å². The molecular weight excluding hydrogens is 1180 g/mol. The average molecular weight is 1240 g/mol. The predicted molar refractivity (Wildman–Crippen MR) is 330 cm³/mol. The number of rotatable bonds is 23. The summed E-state index contributed by atoms with van der Waals surface area (Å²) in [4.78, 5) is 53.6. The fraction of sp³-hybridized carbons (Fsp3) is 0.0896. The van der Waals surface area contributed by atoms with Gasteiger partial charge in [0.05, 0.1) is 32.5 Å². The SMILES string of the molecule is CO/C(C)=C(/C(=O)O)c1ccccc1Oc1cccc(Oc2ccc([N+](=O)[O-])cc2)c1.CO/C=C(/C(=O)O)c1ccccc1Oc1cccc(Oc2ncc(C)cn2)c1.COC(C)=C(C(=O)O)c1ccccc1Oc1cccc(OS(=O)(=O)c2ccccc2)c1. The Morgan fingerprint density at radius 3 is 1.31 bits per heavy atom. The number of non-ortho nitro benzene ring substituents is 1. The lowest BCUT2D eigenvalue weighted by Gasteiger charge is -2.14. The summed E-state index contributed by atoms with van der Waals surface area (Å²) in [5.74, 6) is 0.609. The molecular formula is C67H57N3O19S. The van der Waals surface area contributed by atoms with Gasteiger partial charge in [-0.15, -0.1) is 0 Å². The Kier molecular flexibility index (Phi) is 22.9. The van der Waals surface area contributed by atoms with Crippen LogP contribution >= 0.6 is 0 Å². The normalized spacial score (nSPS) is 11.4. The second kappa shape index (κ2) is 31.4. The molecule has 90 heavy (non-hydrogen) atoms. The molecule has 23 heteroatoms. The van der Waals surface area contributed by atoms with E-state index in [1.54, 1.807) is 178 Å². The van der Waals surface area contributed by atoms with Crippen molar-refractivity contribution < 1.29 is 85.1 Å². The molecule has 22 nitrogen and oxygen atoms in total. The number of aryl methyl sites for hydroxylation is 1. The number of carboxylic acid groups (broad SMARTS) is 3. The molecule has 1 heterocycles. The first-order valence-electron chi connectivity index (χ1n) is 26.7. The molecule has 0 aliphatic carbocycles. The third-order valence-corrected chi connectivity index (χ3v) is 13.5. The van der Waals surface area contributed by atoms with Gasteiger partial charge < -0.3 is 57.4 Å². The number of carbonyl (C=O) groups is 3. The summed E-state index contributed by atoms with van der Waals surface area (Å²) in [5.41, 5.74) is 1.92. The Labute approximate surface area is 516 Å². The van der Waals surface area contributed by atoms with E-state index in [2.05, 4.69) is 9.97 Å². The summed E-state index contributed by atoms with van der Waals surface area (Å²) in [6.07, 6.45) is 4.49. The van der Waals surface area contributed by atoms with E-state index >= 15 is 0 Å². The van der Waals surface area contributed by atoms with Crippen LogP contribution in [0.1, 0.15) is 36.1 Å². The summed E-state index contributed by atoms with van der Waals surface area (Å²) in [6, 6.07) is 53.5. The number of methoxy groups -OCH3 is 3. The molecule has 0 saturated carbocycles. The number of para-hydroxylation sites is 3. The summed E-state index contributed by atoms with van der Waals surface area (Å²) in [6.45, 7) is 5.00. The van der Waals surface area contributed by atoms with E-state index in [4.69, 9.17) is 42.1 Å². The smallest absolute Gasteiger partial charge is 0.339 e. The van der Waals surface area contributed by atoms with Crippen molar-refractivity contribution in [3.8, 4) is 63.5 Å². The van der Waals surface area contributed by atoms with Gasteiger partial charge in [0.15, 0.2) is 0 Å². The third kappa shape index (κ3) is 18.3. The number of benzene rings is 8. The summed E-state index contributed by atoms with van der Waals surface area (Å²) < 4.78 is 74.3. The summed E-state index contributed by atoms with van der Waals surface area (Å²) in [5, 5.41) is 39.5.